The van der Waals surface area contributed by atoms with Gasteiger partial charge < -0.3 is 15.2 Å². The SMILES string of the molecule is CCS(=O)(=O)c1ccc(O)c(NC(=O)COc2ccc(Br)cc2Br)c1. The number of amides is 1. The summed E-state index contributed by atoms with van der Waals surface area (Å²) < 4.78 is 30.7. The van der Waals surface area contributed by atoms with Crippen LogP contribution in [0.5, 0.6) is 11.5 Å². The van der Waals surface area contributed by atoms with Crippen LogP contribution in [0, 0.1) is 0 Å². The summed E-state index contributed by atoms with van der Waals surface area (Å²) in [6.45, 7) is 1.22. The molecule has 0 atom stereocenters. The summed E-state index contributed by atoms with van der Waals surface area (Å²) in [6, 6.07) is 8.97. The lowest BCUT2D eigenvalue weighted by Crippen LogP contribution is -2.20. The molecule has 0 fully saturated rings. The first kappa shape index (κ1) is 19.7. The molecule has 0 aliphatic rings. The number of phenols is 1. The molecular formula is C16H15Br2NO5S. The first-order valence-electron chi connectivity index (χ1n) is 7.16. The maximum absolute atomic E-state index is 12.0. The van der Waals surface area contributed by atoms with Crippen LogP contribution >= 0.6 is 31.9 Å². The molecule has 0 saturated carbocycles. The Kier molecular flexibility index (Phi) is 6.47. The number of sulfone groups is 1. The van der Waals surface area contributed by atoms with Gasteiger partial charge in [-0.05, 0) is 52.3 Å². The number of nitrogens with one attached hydrogen (secondary N) is 1. The number of aromatic hydroxyl groups is 1. The first-order valence-corrected chi connectivity index (χ1v) is 10.4. The molecular weight excluding hydrogens is 478 g/mol. The Balaban J connectivity index is 2.09. The molecule has 0 heterocycles. The van der Waals surface area contributed by atoms with Crippen LogP contribution in [0.3, 0.4) is 0 Å². The minimum absolute atomic E-state index is 0.0120. The highest BCUT2D eigenvalue weighted by Gasteiger charge is 2.15. The standard InChI is InChI=1S/C16H15Br2NO5S/c1-2-25(22,23)11-4-5-14(20)13(8-11)19-16(21)9-24-15-6-3-10(17)7-12(15)18/h3-8,20H,2,9H2,1H3,(H,19,21). The smallest absolute Gasteiger partial charge is 0.262 e. The van der Waals surface area contributed by atoms with Crippen LogP contribution in [-0.2, 0) is 14.6 Å². The number of hydrogen-bond donors (Lipinski definition) is 2. The summed E-state index contributed by atoms with van der Waals surface area (Å²) in [6.07, 6.45) is 0. The highest BCUT2D eigenvalue weighted by Crippen LogP contribution is 2.29. The van der Waals surface area contributed by atoms with Crippen molar-refractivity contribution in [2.45, 2.75) is 11.8 Å². The summed E-state index contributed by atoms with van der Waals surface area (Å²) in [5, 5.41) is 12.3. The zero-order valence-corrected chi connectivity index (χ0v) is 17.1. The van der Waals surface area contributed by atoms with E-state index >= 15 is 0 Å². The van der Waals surface area contributed by atoms with Crippen LogP contribution in [-0.4, -0.2) is 31.8 Å². The molecule has 9 heteroatoms. The lowest BCUT2D eigenvalue weighted by atomic mass is 10.3. The number of carbonyl (C=O) groups is 1. The Morgan fingerprint density at radius 1 is 1.20 bits per heavy atom. The summed E-state index contributed by atoms with van der Waals surface area (Å²) in [5.41, 5.74) is 0.0120. The normalized spacial score (nSPS) is 11.2. The van der Waals surface area contributed by atoms with E-state index in [0.29, 0.717) is 10.2 Å². The number of benzene rings is 2. The Morgan fingerprint density at radius 3 is 2.56 bits per heavy atom. The van der Waals surface area contributed by atoms with Gasteiger partial charge in [0.1, 0.15) is 11.5 Å². The third-order valence-electron chi connectivity index (χ3n) is 3.23. The number of rotatable bonds is 6. The molecule has 6 nitrogen and oxygen atoms in total. The second-order valence-corrected chi connectivity index (χ2v) is 9.04. The molecule has 0 spiro atoms. The van der Waals surface area contributed by atoms with Crippen LogP contribution in [0.2, 0.25) is 0 Å². The summed E-state index contributed by atoms with van der Waals surface area (Å²) in [7, 11) is -3.44. The monoisotopic (exact) mass is 491 g/mol. The minimum Gasteiger partial charge on any atom is -0.506 e. The summed E-state index contributed by atoms with van der Waals surface area (Å²) >= 11 is 6.64. The van der Waals surface area contributed by atoms with Gasteiger partial charge in [0.05, 0.1) is 20.8 Å². The van der Waals surface area contributed by atoms with Crippen molar-refractivity contribution in [1.29, 1.82) is 0 Å². The third-order valence-corrected chi connectivity index (χ3v) is 6.08. The van der Waals surface area contributed by atoms with E-state index in [1.807, 2.05) is 0 Å². The third kappa shape index (κ3) is 5.20. The Morgan fingerprint density at radius 2 is 1.92 bits per heavy atom. The van der Waals surface area contributed by atoms with Gasteiger partial charge in [-0.2, -0.15) is 0 Å². The molecule has 134 valence electrons. The van der Waals surface area contributed by atoms with Gasteiger partial charge in [-0.1, -0.05) is 22.9 Å². The van der Waals surface area contributed by atoms with E-state index < -0.39 is 15.7 Å². The number of phenolic OH excluding ortho intramolecular Hbond substituents is 1. The van der Waals surface area contributed by atoms with E-state index in [1.54, 1.807) is 18.2 Å². The van der Waals surface area contributed by atoms with Gasteiger partial charge >= 0.3 is 0 Å². The van der Waals surface area contributed by atoms with Gasteiger partial charge in [0.2, 0.25) is 0 Å². The Hall–Kier alpha value is -1.58. The molecule has 2 aromatic carbocycles. The van der Waals surface area contributed by atoms with E-state index in [2.05, 4.69) is 37.2 Å². The molecule has 0 aromatic heterocycles. The van der Waals surface area contributed by atoms with Crippen molar-refractivity contribution in [2.24, 2.45) is 0 Å². The molecule has 0 aliphatic heterocycles. The van der Waals surface area contributed by atoms with E-state index in [-0.39, 0.29) is 28.7 Å². The van der Waals surface area contributed by atoms with Gasteiger partial charge in [-0.25, -0.2) is 8.42 Å². The molecule has 0 unspecified atom stereocenters. The number of carbonyl (C=O) groups excluding carboxylic acids is 1. The van der Waals surface area contributed by atoms with Crippen molar-refractivity contribution in [1.82, 2.24) is 0 Å². The molecule has 1 amide bonds. The zero-order chi connectivity index (χ0) is 18.6. The van der Waals surface area contributed by atoms with E-state index in [4.69, 9.17) is 4.74 Å². The zero-order valence-electron chi connectivity index (χ0n) is 13.1. The van der Waals surface area contributed by atoms with Crippen molar-refractivity contribution < 1.29 is 23.1 Å². The van der Waals surface area contributed by atoms with Crippen LogP contribution in [0.15, 0.2) is 50.2 Å². The van der Waals surface area contributed by atoms with Crippen molar-refractivity contribution in [3.63, 3.8) is 0 Å². The molecule has 0 saturated heterocycles. The van der Waals surface area contributed by atoms with Crippen molar-refractivity contribution in [3.8, 4) is 11.5 Å². The van der Waals surface area contributed by atoms with Gasteiger partial charge in [-0.15, -0.1) is 0 Å². The fourth-order valence-electron chi connectivity index (χ4n) is 1.90. The Bertz CT molecular complexity index is 899. The fourth-order valence-corrected chi connectivity index (χ4v) is 3.96. The fraction of sp³-hybridized carbons (Fsp3) is 0.188. The lowest BCUT2D eigenvalue weighted by molar-refractivity contribution is -0.118. The molecule has 0 radical (unpaired) electrons. The average Bonchev–Trinajstić information content (AvgIpc) is 2.56. The number of halogens is 2. The highest BCUT2D eigenvalue weighted by molar-refractivity contribution is 9.11. The van der Waals surface area contributed by atoms with Crippen molar-refractivity contribution in [2.75, 3.05) is 17.7 Å². The molecule has 0 bridgehead atoms. The quantitative estimate of drug-likeness (QED) is 0.599. The van der Waals surface area contributed by atoms with E-state index in [1.165, 1.54) is 25.1 Å². The molecule has 2 rings (SSSR count). The lowest BCUT2D eigenvalue weighted by Gasteiger charge is -2.11. The molecule has 25 heavy (non-hydrogen) atoms. The molecule has 0 aliphatic carbocycles. The van der Waals surface area contributed by atoms with Crippen LogP contribution < -0.4 is 10.1 Å². The van der Waals surface area contributed by atoms with Gasteiger partial charge in [0, 0.05) is 4.47 Å². The predicted molar refractivity (Wildman–Crippen MR) is 102 cm³/mol. The van der Waals surface area contributed by atoms with E-state index in [0.717, 1.165) is 4.47 Å². The number of hydrogen-bond acceptors (Lipinski definition) is 5. The molecule has 2 aromatic rings. The number of anilines is 1. The van der Waals surface area contributed by atoms with Crippen LogP contribution in [0.25, 0.3) is 0 Å². The maximum atomic E-state index is 12.0. The maximum Gasteiger partial charge on any atom is 0.262 e. The first-order chi connectivity index (χ1) is 11.7. The average molecular weight is 493 g/mol. The van der Waals surface area contributed by atoms with Crippen LogP contribution in [0.4, 0.5) is 5.69 Å². The minimum atomic E-state index is -3.44. The van der Waals surface area contributed by atoms with Gasteiger partial charge in [0.15, 0.2) is 16.4 Å². The second kappa shape index (κ2) is 8.20. The molecule has 2 N–H and O–H groups in total. The largest absolute Gasteiger partial charge is 0.506 e. The van der Waals surface area contributed by atoms with Crippen LogP contribution in [0.1, 0.15) is 6.92 Å². The summed E-state index contributed by atoms with van der Waals surface area (Å²) in [4.78, 5) is 12.1. The topological polar surface area (TPSA) is 92.7 Å². The highest BCUT2D eigenvalue weighted by atomic mass is 79.9. The predicted octanol–water partition coefficient (Wildman–Crippen LogP) is 3.73. The Labute approximate surface area is 162 Å². The van der Waals surface area contributed by atoms with Crippen molar-refractivity contribution in [3.05, 3.63) is 45.3 Å². The van der Waals surface area contributed by atoms with Gasteiger partial charge in [-0.3, -0.25) is 4.79 Å². The van der Waals surface area contributed by atoms with Crippen molar-refractivity contribution >= 4 is 53.3 Å². The second-order valence-electron chi connectivity index (χ2n) is 4.99. The van der Waals surface area contributed by atoms with Gasteiger partial charge in [0.25, 0.3) is 5.91 Å². The summed E-state index contributed by atoms with van der Waals surface area (Å²) in [5.74, 6) is -0.361. The van der Waals surface area contributed by atoms with E-state index in [9.17, 15) is 18.3 Å². The number of ether oxygens (including phenoxy) is 1.